The number of carbonyl (C=O) groups is 1. The number of hydrogen-bond donors (Lipinski definition) is 2. The van der Waals surface area contributed by atoms with Crippen LogP contribution in [-0.4, -0.2) is 62.3 Å². The van der Waals surface area contributed by atoms with Gasteiger partial charge in [-0.15, -0.1) is 24.8 Å². The first kappa shape index (κ1) is 17.9. The van der Waals surface area contributed by atoms with E-state index in [0.717, 1.165) is 39.1 Å². The predicted octanol–water partition coefficient (Wildman–Crippen LogP) is 0.0288. The summed E-state index contributed by atoms with van der Waals surface area (Å²) in [5, 5.41) is 6.27. The van der Waals surface area contributed by atoms with Crippen molar-refractivity contribution >= 4 is 30.7 Å². The molecule has 0 aliphatic carbocycles. The molecule has 2 fully saturated rings. The Labute approximate surface area is 121 Å². The molecule has 2 aliphatic heterocycles. The van der Waals surface area contributed by atoms with Crippen LogP contribution in [0, 0.1) is 0 Å². The number of amides is 1. The van der Waals surface area contributed by atoms with Crippen molar-refractivity contribution in [2.45, 2.75) is 25.5 Å². The molecule has 2 heterocycles. The summed E-state index contributed by atoms with van der Waals surface area (Å²) in [5.74, 6) is 0.0480. The Morgan fingerprint density at radius 3 is 2.89 bits per heavy atom. The van der Waals surface area contributed by atoms with Crippen LogP contribution in [0.4, 0.5) is 0 Å². The number of morpholine rings is 1. The van der Waals surface area contributed by atoms with E-state index in [-0.39, 0.29) is 42.9 Å². The van der Waals surface area contributed by atoms with Crippen LogP contribution in [0.5, 0.6) is 0 Å². The second-order valence-electron chi connectivity index (χ2n) is 4.45. The van der Waals surface area contributed by atoms with Gasteiger partial charge in [-0.25, -0.2) is 0 Å². The monoisotopic (exact) mass is 299 g/mol. The average Bonchev–Trinajstić information content (AvgIpc) is 2.82. The quantitative estimate of drug-likeness (QED) is 0.772. The Hall–Kier alpha value is -0.0700. The van der Waals surface area contributed by atoms with Crippen LogP contribution in [-0.2, 0) is 9.53 Å². The van der Waals surface area contributed by atoms with Crippen LogP contribution in [0.2, 0.25) is 0 Å². The Balaban J connectivity index is 0.00000144. The molecule has 0 saturated carbocycles. The van der Waals surface area contributed by atoms with Gasteiger partial charge in [-0.05, 0) is 19.5 Å². The van der Waals surface area contributed by atoms with E-state index in [2.05, 4.69) is 22.5 Å². The number of carbonyl (C=O) groups excluding carboxylic acids is 1. The molecule has 1 amide bonds. The third-order valence-electron chi connectivity index (χ3n) is 3.30. The zero-order valence-electron chi connectivity index (χ0n) is 10.7. The summed E-state index contributed by atoms with van der Waals surface area (Å²) in [4.78, 5) is 14.2. The molecule has 2 aliphatic rings. The minimum absolute atomic E-state index is 0. The molecule has 2 N–H and O–H groups in total. The van der Waals surface area contributed by atoms with Crippen LogP contribution in [0.1, 0.15) is 13.3 Å². The van der Waals surface area contributed by atoms with Gasteiger partial charge in [0.1, 0.15) is 6.10 Å². The molecule has 108 valence electrons. The van der Waals surface area contributed by atoms with Gasteiger partial charge in [0, 0.05) is 25.7 Å². The van der Waals surface area contributed by atoms with Crippen molar-refractivity contribution in [2.75, 3.05) is 39.3 Å². The predicted molar refractivity (Wildman–Crippen MR) is 75.8 cm³/mol. The lowest BCUT2D eigenvalue weighted by molar-refractivity contribution is -0.139. The number of likely N-dealkylation sites (N-methyl/N-ethyl adjacent to an activating group) is 1. The van der Waals surface area contributed by atoms with Crippen molar-refractivity contribution < 1.29 is 9.53 Å². The molecule has 0 radical (unpaired) electrons. The molecular weight excluding hydrogens is 277 g/mol. The van der Waals surface area contributed by atoms with Crippen molar-refractivity contribution in [1.82, 2.24) is 15.5 Å². The van der Waals surface area contributed by atoms with Gasteiger partial charge in [-0.1, -0.05) is 6.92 Å². The third kappa shape index (κ3) is 4.90. The first-order valence-corrected chi connectivity index (χ1v) is 6.14. The van der Waals surface area contributed by atoms with Gasteiger partial charge >= 0.3 is 0 Å². The number of halogens is 2. The molecule has 2 atom stereocenters. The minimum Gasteiger partial charge on any atom is -0.366 e. The topological polar surface area (TPSA) is 53.6 Å². The number of nitrogens with zero attached hydrogens (tertiary/aromatic N) is 1. The van der Waals surface area contributed by atoms with Crippen molar-refractivity contribution in [2.24, 2.45) is 0 Å². The summed E-state index contributed by atoms with van der Waals surface area (Å²) in [7, 11) is 0. The number of nitrogens with one attached hydrogen (secondary N) is 2. The van der Waals surface area contributed by atoms with E-state index in [1.165, 1.54) is 0 Å². The molecule has 2 unspecified atom stereocenters. The zero-order chi connectivity index (χ0) is 11.4. The third-order valence-corrected chi connectivity index (χ3v) is 3.30. The fourth-order valence-electron chi connectivity index (χ4n) is 2.22. The normalized spacial score (nSPS) is 28.1. The van der Waals surface area contributed by atoms with E-state index in [1.807, 2.05) is 0 Å². The Kier molecular flexibility index (Phi) is 8.90. The van der Waals surface area contributed by atoms with Crippen molar-refractivity contribution in [1.29, 1.82) is 0 Å². The molecule has 2 saturated heterocycles. The molecule has 5 nitrogen and oxygen atoms in total. The molecule has 0 spiro atoms. The standard InChI is InChI=1S/C11H21N3O2.2ClH/c1-2-14-5-6-16-10(8-14)11(15)13-9-3-4-12-7-9;;/h9-10,12H,2-8H2,1H3,(H,13,15);2*1H. The van der Waals surface area contributed by atoms with Crippen molar-refractivity contribution in [3.63, 3.8) is 0 Å². The van der Waals surface area contributed by atoms with Gasteiger partial charge in [0.15, 0.2) is 0 Å². The van der Waals surface area contributed by atoms with Gasteiger partial charge in [0.2, 0.25) is 0 Å². The largest absolute Gasteiger partial charge is 0.366 e. The Morgan fingerprint density at radius 1 is 1.50 bits per heavy atom. The maximum atomic E-state index is 11.9. The van der Waals surface area contributed by atoms with Gasteiger partial charge < -0.3 is 15.4 Å². The van der Waals surface area contributed by atoms with Crippen LogP contribution >= 0.6 is 24.8 Å². The molecule has 0 aromatic rings. The van der Waals surface area contributed by atoms with E-state index >= 15 is 0 Å². The number of rotatable bonds is 3. The summed E-state index contributed by atoms with van der Waals surface area (Å²) >= 11 is 0. The van der Waals surface area contributed by atoms with E-state index in [0.29, 0.717) is 6.61 Å². The summed E-state index contributed by atoms with van der Waals surface area (Å²) < 4.78 is 5.51. The average molecular weight is 300 g/mol. The van der Waals surface area contributed by atoms with Gasteiger partial charge in [-0.3, -0.25) is 9.69 Å². The first-order valence-electron chi connectivity index (χ1n) is 6.14. The summed E-state index contributed by atoms with van der Waals surface area (Å²) in [6.45, 7) is 7.30. The Bertz CT molecular complexity index is 250. The van der Waals surface area contributed by atoms with E-state index in [4.69, 9.17) is 4.74 Å². The minimum atomic E-state index is -0.283. The maximum Gasteiger partial charge on any atom is 0.250 e. The second-order valence-corrected chi connectivity index (χ2v) is 4.45. The molecule has 18 heavy (non-hydrogen) atoms. The molecule has 0 bridgehead atoms. The molecular formula is C11H23Cl2N3O2. The molecule has 2 rings (SSSR count). The molecule has 0 aromatic heterocycles. The lowest BCUT2D eigenvalue weighted by atomic mass is 10.2. The van der Waals surface area contributed by atoms with Crippen LogP contribution in [0.15, 0.2) is 0 Å². The van der Waals surface area contributed by atoms with E-state index < -0.39 is 0 Å². The number of ether oxygens (including phenoxy) is 1. The highest BCUT2D eigenvalue weighted by Crippen LogP contribution is 2.06. The summed E-state index contributed by atoms with van der Waals surface area (Å²) in [5.41, 5.74) is 0. The van der Waals surface area contributed by atoms with Gasteiger partial charge in [0.05, 0.1) is 6.61 Å². The molecule has 0 aromatic carbocycles. The van der Waals surface area contributed by atoms with Crippen molar-refractivity contribution in [3.05, 3.63) is 0 Å². The lowest BCUT2D eigenvalue weighted by Crippen LogP contribution is -2.51. The Morgan fingerprint density at radius 2 is 2.28 bits per heavy atom. The van der Waals surface area contributed by atoms with Gasteiger partial charge in [-0.2, -0.15) is 0 Å². The smallest absolute Gasteiger partial charge is 0.250 e. The fraction of sp³-hybridized carbons (Fsp3) is 0.909. The second kappa shape index (κ2) is 8.93. The first-order chi connectivity index (χ1) is 7.79. The SMILES string of the molecule is CCN1CCOC(C(=O)NC2CCNC2)C1.Cl.Cl. The zero-order valence-corrected chi connectivity index (χ0v) is 12.3. The summed E-state index contributed by atoms with van der Waals surface area (Å²) in [6.07, 6.45) is 0.741. The van der Waals surface area contributed by atoms with E-state index in [9.17, 15) is 4.79 Å². The fourth-order valence-corrected chi connectivity index (χ4v) is 2.22. The van der Waals surface area contributed by atoms with E-state index in [1.54, 1.807) is 0 Å². The molecule has 7 heteroatoms. The van der Waals surface area contributed by atoms with Crippen LogP contribution in [0.25, 0.3) is 0 Å². The lowest BCUT2D eigenvalue weighted by Gasteiger charge is -2.31. The highest BCUT2D eigenvalue weighted by molar-refractivity contribution is 5.85. The van der Waals surface area contributed by atoms with Crippen LogP contribution < -0.4 is 10.6 Å². The summed E-state index contributed by atoms with van der Waals surface area (Å²) in [6, 6.07) is 0.285. The van der Waals surface area contributed by atoms with Crippen molar-refractivity contribution in [3.8, 4) is 0 Å². The highest BCUT2D eigenvalue weighted by Gasteiger charge is 2.28. The van der Waals surface area contributed by atoms with Gasteiger partial charge in [0.25, 0.3) is 5.91 Å². The van der Waals surface area contributed by atoms with Crippen LogP contribution in [0.3, 0.4) is 0 Å². The highest BCUT2D eigenvalue weighted by atomic mass is 35.5. The number of hydrogen-bond acceptors (Lipinski definition) is 4. The maximum absolute atomic E-state index is 11.9.